The van der Waals surface area contributed by atoms with Crippen LogP contribution >= 0.6 is 0 Å². The van der Waals surface area contributed by atoms with Crippen molar-refractivity contribution in [2.24, 2.45) is 0 Å². The number of hydrogen-bond donors (Lipinski definition) is 2. The molecule has 1 atom stereocenters. The fraction of sp³-hybridized carbons (Fsp3) is 0.333. The van der Waals surface area contributed by atoms with Crippen LogP contribution in [0.1, 0.15) is 23.7 Å². The maximum Gasteiger partial charge on any atom is 0.246 e. The summed E-state index contributed by atoms with van der Waals surface area (Å²) in [6.07, 6.45) is 3.43. The normalized spacial score (nSPS) is 15.4. The van der Waals surface area contributed by atoms with E-state index in [1.807, 2.05) is 7.05 Å². The summed E-state index contributed by atoms with van der Waals surface area (Å²) >= 11 is 0. The second kappa shape index (κ2) is 8.40. The van der Waals surface area contributed by atoms with E-state index in [0.29, 0.717) is 35.3 Å². The monoisotopic (exact) mass is 443 g/mol. The van der Waals surface area contributed by atoms with Crippen molar-refractivity contribution in [3.8, 4) is 5.75 Å². The van der Waals surface area contributed by atoms with Gasteiger partial charge in [0.15, 0.2) is 23.2 Å². The first-order valence-corrected chi connectivity index (χ1v) is 9.96. The van der Waals surface area contributed by atoms with Crippen LogP contribution in [0.5, 0.6) is 5.75 Å². The fourth-order valence-electron chi connectivity index (χ4n) is 3.48. The molecule has 1 amide bonds. The predicted octanol–water partition coefficient (Wildman–Crippen LogP) is 2.71. The summed E-state index contributed by atoms with van der Waals surface area (Å²) in [5.74, 6) is -0.954. The number of aryl methyl sites for hydroxylation is 1. The Labute approximate surface area is 183 Å². The van der Waals surface area contributed by atoms with E-state index in [2.05, 4.69) is 25.7 Å². The zero-order chi connectivity index (χ0) is 23.0. The van der Waals surface area contributed by atoms with Crippen LogP contribution in [0.25, 0.3) is 0 Å². The topological polar surface area (TPSA) is 97.2 Å². The molecule has 0 fully saturated rings. The lowest BCUT2D eigenvalue weighted by atomic mass is 10.2. The zero-order valence-electron chi connectivity index (χ0n) is 18.1. The smallest absolute Gasteiger partial charge is 0.246 e. The Morgan fingerprint density at radius 2 is 1.94 bits per heavy atom. The van der Waals surface area contributed by atoms with Gasteiger partial charge in [0.25, 0.3) is 0 Å². The molecule has 1 aromatic carbocycles. The van der Waals surface area contributed by atoms with Crippen LogP contribution in [-0.4, -0.2) is 45.9 Å². The maximum absolute atomic E-state index is 13.9. The number of anilines is 3. The molecule has 9 nitrogen and oxygen atoms in total. The Morgan fingerprint density at radius 1 is 1.22 bits per heavy atom. The van der Waals surface area contributed by atoms with Crippen LogP contribution < -0.4 is 20.3 Å². The van der Waals surface area contributed by atoms with E-state index in [1.165, 1.54) is 19.2 Å². The van der Waals surface area contributed by atoms with E-state index < -0.39 is 17.4 Å². The van der Waals surface area contributed by atoms with Crippen molar-refractivity contribution >= 4 is 23.4 Å². The minimum atomic E-state index is -0.757. The van der Waals surface area contributed by atoms with E-state index >= 15 is 0 Å². The van der Waals surface area contributed by atoms with Gasteiger partial charge in [0.05, 0.1) is 25.5 Å². The molecule has 2 N–H and O–H groups in total. The first-order valence-electron chi connectivity index (χ1n) is 9.96. The molecule has 0 spiro atoms. The highest BCUT2D eigenvalue weighted by Crippen LogP contribution is 2.32. The number of fused-ring (bicyclic) bond motifs is 1. The maximum atomic E-state index is 13.9. The number of methoxy groups -OCH3 is 1. The van der Waals surface area contributed by atoms with Gasteiger partial charge in [-0.15, -0.1) is 0 Å². The van der Waals surface area contributed by atoms with Gasteiger partial charge in [-0.1, -0.05) is 0 Å². The molecule has 1 aliphatic rings. The summed E-state index contributed by atoms with van der Waals surface area (Å²) in [5, 5.41) is 10.2. The summed E-state index contributed by atoms with van der Waals surface area (Å²) < 4.78 is 34.1. The van der Waals surface area contributed by atoms with Gasteiger partial charge < -0.3 is 20.3 Å². The number of nitrogens with one attached hydrogen (secondary N) is 2. The fourth-order valence-corrected chi connectivity index (χ4v) is 3.48. The number of rotatable bonds is 6. The Morgan fingerprint density at radius 3 is 2.62 bits per heavy atom. The summed E-state index contributed by atoms with van der Waals surface area (Å²) in [6, 6.07) is 2.11. The summed E-state index contributed by atoms with van der Waals surface area (Å²) in [6.45, 7) is 4.21. The predicted molar refractivity (Wildman–Crippen MR) is 115 cm³/mol. The van der Waals surface area contributed by atoms with Crippen LogP contribution in [0.15, 0.2) is 24.5 Å². The Balaban J connectivity index is 1.45. The minimum Gasteiger partial charge on any atom is -0.491 e. The number of aromatic nitrogens is 4. The summed E-state index contributed by atoms with van der Waals surface area (Å²) in [7, 11) is 3.03. The highest BCUT2D eigenvalue weighted by atomic mass is 19.1. The number of halogens is 2. The molecule has 4 rings (SSSR count). The number of likely N-dealkylation sites (N-methyl/N-ethyl adjacent to an activating group) is 1. The molecule has 0 saturated carbocycles. The molecule has 3 aromatic rings. The van der Waals surface area contributed by atoms with Crippen molar-refractivity contribution in [1.82, 2.24) is 19.7 Å². The lowest BCUT2D eigenvalue weighted by molar-refractivity contribution is -0.117. The molecular weight excluding hydrogens is 420 g/mol. The van der Waals surface area contributed by atoms with Gasteiger partial charge in [-0.2, -0.15) is 10.1 Å². The molecule has 32 heavy (non-hydrogen) atoms. The number of hydrogen-bond acceptors (Lipinski definition) is 7. The van der Waals surface area contributed by atoms with Crippen molar-refractivity contribution in [3.63, 3.8) is 0 Å². The second-order valence-electron chi connectivity index (χ2n) is 7.60. The first kappa shape index (κ1) is 21.5. The summed E-state index contributed by atoms with van der Waals surface area (Å²) in [5.41, 5.74) is 2.53. The molecule has 0 radical (unpaired) electrons. The molecule has 0 bridgehead atoms. The third-order valence-corrected chi connectivity index (χ3v) is 5.36. The van der Waals surface area contributed by atoms with E-state index in [-0.39, 0.29) is 18.5 Å². The zero-order valence-corrected chi connectivity index (χ0v) is 18.1. The van der Waals surface area contributed by atoms with Gasteiger partial charge in [0.1, 0.15) is 11.7 Å². The largest absolute Gasteiger partial charge is 0.491 e. The van der Waals surface area contributed by atoms with Gasteiger partial charge in [-0.3, -0.25) is 9.48 Å². The molecule has 0 unspecified atom stereocenters. The third kappa shape index (κ3) is 4.05. The van der Waals surface area contributed by atoms with Crippen LogP contribution in [0.4, 0.5) is 26.2 Å². The Kier molecular flexibility index (Phi) is 5.64. The Bertz CT molecular complexity index is 1160. The number of carbonyl (C=O) groups excluding carboxylic acids is 1. The molecular formula is C21H23F2N7O2. The number of benzene rings is 1. The van der Waals surface area contributed by atoms with Crippen molar-refractivity contribution in [2.75, 3.05) is 29.7 Å². The molecule has 0 saturated heterocycles. The number of nitrogens with zero attached hydrogens (tertiary/aromatic N) is 5. The molecule has 11 heteroatoms. The van der Waals surface area contributed by atoms with E-state index in [1.54, 1.807) is 35.8 Å². The SMILES string of the molecule is COc1c(F)cc(Cn2cc(CNc3nc(C)c4c(n3)N(C)[C@H](C)C(=O)N4)cn2)cc1F. The van der Waals surface area contributed by atoms with Crippen LogP contribution in [0.3, 0.4) is 0 Å². The summed E-state index contributed by atoms with van der Waals surface area (Å²) in [4.78, 5) is 22.8. The molecule has 0 aliphatic carbocycles. The average molecular weight is 443 g/mol. The lowest BCUT2D eigenvalue weighted by Gasteiger charge is -2.32. The van der Waals surface area contributed by atoms with Crippen molar-refractivity contribution in [1.29, 1.82) is 0 Å². The standard InChI is InChI=1S/C21H23F2N7O2/c1-11-17-19(29(3)12(2)20(31)27-17)28-21(26-11)24-7-14-8-25-30(10-14)9-13-5-15(22)18(32-4)16(23)6-13/h5-6,8,10,12H,7,9H2,1-4H3,(H,27,31)(H,24,26,28)/t12-/m1/s1. The molecule has 1 aliphatic heterocycles. The minimum absolute atomic E-state index is 0.101. The molecule has 168 valence electrons. The third-order valence-electron chi connectivity index (χ3n) is 5.36. The average Bonchev–Trinajstić information content (AvgIpc) is 3.18. The lowest BCUT2D eigenvalue weighted by Crippen LogP contribution is -2.44. The van der Waals surface area contributed by atoms with Crippen LogP contribution in [-0.2, 0) is 17.9 Å². The van der Waals surface area contributed by atoms with Crippen LogP contribution in [0.2, 0.25) is 0 Å². The van der Waals surface area contributed by atoms with Gasteiger partial charge >= 0.3 is 0 Å². The van der Waals surface area contributed by atoms with E-state index in [9.17, 15) is 13.6 Å². The van der Waals surface area contributed by atoms with Crippen LogP contribution in [0, 0.1) is 18.6 Å². The number of ether oxygens (including phenoxy) is 1. The molecule has 2 aromatic heterocycles. The van der Waals surface area contributed by atoms with Crippen molar-refractivity contribution < 1.29 is 18.3 Å². The highest BCUT2D eigenvalue weighted by Gasteiger charge is 2.30. The van der Waals surface area contributed by atoms with E-state index in [4.69, 9.17) is 4.74 Å². The number of carbonyl (C=O) groups is 1. The van der Waals surface area contributed by atoms with Gasteiger partial charge in [0.2, 0.25) is 11.9 Å². The quantitative estimate of drug-likeness (QED) is 0.605. The highest BCUT2D eigenvalue weighted by molar-refractivity contribution is 6.03. The van der Waals surface area contributed by atoms with Crippen molar-refractivity contribution in [2.45, 2.75) is 33.0 Å². The van der Waals surface area contributed by atoms with Gasteiger partial charge in [-0.05, 0) is 31.5 Å². The number of amides is 1. The van der Waals surface area contributed by atoms with Gasteiger partial charge in [0, 0.05) is 25.4 Å². The molecule has 3 heterocycles. The van der Waals surface area contributed by atoms with Gasteiger partial charge in [-0.25, -0.2) is 13.8 Å². The Hall–Kier alpha value is -3.76. The van der Waals surface area contributed by atoms with E-state index in [0.717, 1.165) is 5.56 Å². The second-order valence-corrected chi connectivity index (χ2v) is 7.60. The first-order chi connectivity index (χ1) is 15.3. The van der Waals surface area contributed by atoms with Crippen molar-refractivity contribution in [3.05, 3.63) is 53.0 Å².